The van der Waals surface area contributed by atoms with Crippen molar-refractivity contribution in [3.8, 4) is 0 Å². The highest BCUT2D eigenvalue weighted by atomic mass is 79.9. The fraction of sp³-hybridized carbons (Fsp3) is 0.400. The van der Waals surface area contributed by atoms with Crippen molar-refractivity contribution in [1.82, 2.24) is 4.47 Å². The first-order valence-corrected chi connectivity index (χ1v) is 7.46. The van der Waals surface area contributed by atoms with Crippen molar-refractivity contribution in [3.05, 3.63) is 22.7 Å². The number of halogens is 1. The molecule has 1 aliphatic heterocycles. The molecule has 2 rings (SSSR count). The van der Waals surface area contributed by atoms with Gasteiger partial charge in [0, 0.05) is 16.7 Å². The first-order chi connectivity index (χ1) is 8.01. The summed E-state index contributed by atoms with van der Waals surface area (Å²) in [5, 5.41) is 0. The number of nitrogens with two attached hydrogens (primary N) is 1. The van der Waals surface area contributed by atoms with Crippen LogP contribution in [0.4, 0.5) is 5.69 Å². The Kier molecular flexibility index (Phi) is 3.72. The van der Waals surface area contributed by atoms with Crippen LogP contribution < -0.4 is 5.73 Å². The number of nitrogen functional groups attached to an aromatic ring is 1. The largest absolute Gasteiger partial charge is 0.398 e. The minimum Gasteiger partial charge on any atom is -0.398 e. The molecule has 0 bridgehead atoms. The van der Waals surface area contributed by atoms with Crippen LogP contribution in [0.2, 0.25) is 0 Å². The summed E-state index contributed by atoms with van der Waals surface area (Å²) >= 11 is 3.21. The maximum absolute atomic E-state index is 12.2. The third-order valence-electron chi connectivity index (χ3n) is 2.51. The van der Waals surface area contributed by atoms with Gasteiger partial charge in [0.15, 0.2) is 0 Å². The first-order valence-electron chi connectivity index (χ1n) is 5.22. The Morgan fingerprint density at radius 1 is 1.35 bits per heavy atom. The minimum atomic E-state index is -3.58. The molecule has 7 heteroatoms. The van der Waals surface area contributed by atoms with Crippen molar-refractivity contribution in [2.75, 3.05) is 18.9 Å². The molecule has 1 aliphatic rings. The topological polar surface area (TPSA) is 72.6 Å². The molecular formula is C10H13BrN2O3S. The van der Waals surface area contributed by atoms with Crippen LogP contribution in [0.3, 0.4) is 0 Å². The second-order valence-corrected chi connectivity index (χ2v) is 6.44. The lowest BCUT2D eigenvalue weighted by molar-refractivity contribution is -0.108. The quantitative estimate of drug-likeness (QED) is 0.842. The molecule has 0 radical (unpaired) electrons. The highest BCUT2D eigenvalue weighted by Crippen LogP contribution is 2.26. The van der Waals surface area contributed by atoms with E-state index in [4.69, 9.17) is 10.6 Å². The van der Waals surface area contributed by atoms with Gasteiger partial charge in [0.2, 0.25) is 0 Å². The molecule has 1 heterocycles. The van der Waals surface area contributed by atoms with Crippen molar-refractivity contribution in [1.29, 1.82) is 0 Å². The Hall–Kier alpha value is -0.630. The molecular weight excluding hydrogens is 308 g/mol. The number of nitrogens with zero attached hydrogens (tertiary/aromatic N) is 1. The number of rotatable bonds is 2. The smallest absolute Gasteiger partial charge is 0.265 e. The Labute approximate surface area is 109 Å². The van der Waals surface area contributed by atoms with E-state index in [2.05, 4.69) is 15.9 Å². The van der Waals surface area contributed by atoms with E-state index in [-0.39, 0.29) is 4.90 Å². The van der Waals surface area contributed by atoms with Crippen molar-refractivity contribution in [2.45, 2.75) is 17.7 Å². The summed E-state index contributed by atoms with van der Waals surface area (Å²) in [5.41, 5.74) is 6.13. The van der Waals surface area contributed by atoms with Crippen molar-refractivity contribution < 1.29 is 13.3 Å². The van der Waals surface area contributed by atoms with Gasteiger partial charge in [-0.05, 0) is 47.0 Å². The van der Waals surface area contributed by atoms with Gasteiger partial charge in [-0.15, -0.1) is 0 Å². The summed E-state index contributed by atoms with van der Waals surface area (Å²) in [7, 11) is -3.58. The molecule has 0 aliphatic carbocycles. The fourth-order valence-electron chi connectivity index (χ4n) is 1.55. The lowest BCUT2D eigenvalue weighted by atomic mass is 10.3. The van der Waals surface area contributed by atoms with E-state index in [9.17, 15) is 8.42 Å². The average Bonchev–Trinajstić information content (AvgIpc) is 2.33. The van der Waals surface area contributed by atoms with Crippen LogP contribution in [-0.2, 0) is 14.9 Å². The van der Waals surface area contributed by atoms with E-state index < -0.39 is 10.0 Å². The minimum absolute atomic E-state index is 0.181. The summed E-state index contributed by atoms with van der Waals surface area (Å²) in [4.78, 5) is 5.35. The van der Waals surface area contributed by atoms with E-state index in [1.165, 1.54) is 12.1 Å². The first kappa shape index (κ1) is 12.8. The molecule has 0 spiro atoms. The number of hydrogen-bond donors (Lipinski definition) is 1. The van der Waals surface area contributed by atoms with Crippen molar-refractivity contribution in [3.63, 3.8) is 0 Å². The molecule has 1 aromatic carbocycles. The number of anilines is 1. The summed E-state index contributed by atoms with van der Waals surface area (Å²) in [6, 6.07) is 4.52. The maximum Gasteiger partial charge on any atom is 0.265 e. The summed E-state index contributed by atoms with van der Waals surface area (Å²) in [5.74, 6) is 0. The van der Waals surface area contributed by atoms with Crippen molar-refractivity contribution >= 4 is 31.6 Å². The molecule has 0 unspecified atom stereocenters. The van der Waals surface area contributed by atoms with Gasteiger partial charge in [-0.3, -0.25) is 4.84 Å². The maximum atomic E-state index is 12.2. The molecule has 17 heavy (non-hydrogen) atoms. The lowest BCUT2D eigenvalue weighted by Crippen LogP contribution is -2.35. The van der Waals surface area contributed by atoms with Crippen molar-refractivity contribution in [2.24, 2.45) is 0 Å². The highest BCUT2D eigenvalue weighted by Gasteiger charge is 2.27. The van der Waals surface area contributed by atoms with Gasteiger partial charge in [0.25, 0.3) is 10.0 Å². The molecule has 0 atom stereocenters. The average molecular weight is 321 g/mol. The van der Waals surface area contributed by atoms with Crippen LogP contribution in [-0.4, -0.2) is 26.0 Å². The summed E-state index contributed by atoms with van der Waals surface area (Å²) in [6.45, 7) is 0.833. The third-order valence-corrected chi connectivity index (χ3v) is 4.87. The SMILES string of the molecule is Nc1ccc(S(=O)(=O)N2CCCCO2)cc1Br. The van der Waals surface area contributed by atoms with E-state index >= 15 is 0 Å². The van der Waals surface area contributed by atoms with Gasteiger partial charge in [0.1, 0.15) is 0 Å². The molecule has 1 aromatic rings. The third kappa shape index (κ3) is 2.62. The Morgan fingerprint density at radius 3 is 2.71 bits per heavy atom. The molecule has 0 amide bonds. The Bertz CT molecular complexity index is 512. The number of benzene rings is 1. The number of sulfonamides is 1. The van der Waals surface area contributed by atoms with E-state index in [1.54, 1.807) is 6.07 Å². The van der Waals surface area contributed by atoms with Gasteiger partial charge < -0.3 is 5.73 Å². The predicted octanol–water partition coefficient (Wildman–Crippen LogP) is 1.75. The zero-order valence-electron chi connectivity index (χ0n) is 9.10. The molecule has 1 fully saturated rings. The van der Waals surface area contributed by atoms with Crippen LogP contribution in [0.5, 0.6) is 0 Å². The molecule has 5 nitrogen and oxygen atoms in total. The molecule has 0 aromatic heterocycles. The summed E-state index contributed by atoms with van der Waals surface area (Å²) in [6.07, 6.45) is 1.70. The van der Waals surface area contributed by atoms with Crippen LogP contribution in [0, 0.1) is 0 Å². The normalized spacial score (nSPS) is 18.2. The summed E-state index contributed by atoms with van der Waals surface area (Å²) < 4.78 is 26.0. The molecule has 94 valence electrons. The van der Waals surface area contributed by atoms with E-state index in [0.717, 1.165) is 17.3 Å². The van der Waals surface area contributed by atoms with Crippen LogP contribution >= 0.6 is 15.9 Å². The standard InChI is InChI=1S/C10H13BrN2O3S/c11-9-7-8(3-4-10(9)12)17(14,15)13-5-1-2-6-16-13/h3-4,7H,1-2,5-6,12H2. The second-order valence-electron chi connectivity index (χ2n) is 3.76. The molecule has 0 saturated carbocycles. The van der Waals surface area contributed by atoms with Crippen LogP contribution in [0.15, 0.2) is 27.6 Å². The number of hydroxylamine groups is 1. The van der Waals surface area contributed by atoms with Gasteiger partial charge in [-0.1, -0.05) is 4.47 Å². The number of hydrogen-bond acceptors (Lipinski definition) is 4. The lowest BCUT2D eigenvalue weighted by Gasteiger charge is -2.25. The zero-order valence-corrected chi connectivity index (χ0v) is 11.5. The molecule has 2 N–H and O–H groups in total. The van der Waals surface area contributed by atoms with E-state index in [0.29, 0.717) is 23.3 Å². The van der Waals surface area contributed by atoms with E-state index in [1.807, 2.05) is 0 Å². The Balaban J connectivity index is 2.33. The second kappa shape index (κ2) is 4.93. The monoisotopic (exact) mass is 320 g/mol. The van der Waals surface area contributed by atoms with Gasteiger partial charge in [-0.25, -0.2) is 8.42 Å². The van der Waals surface area contributed by atoms with Gasteiger partial charge >= 0.3 is 0 Å². The fourth-order valence-corrected chi connectivity index (χ4v) is 3.40. The van der Waals surface area contributed by atoms with Gasteiger partial charge in [-0.2, -0.15) is 0 Å². The zero-order chi connectivity index (χ0) is 12.5. The van der Waals surface area contributed by atoms with Crippen LogP contribution in [0.25, 0.3) is 0 Å². The Morgan fingerprint density at radius 2 is 2.12 bits per heavy atom. The van der Waals surface area contributed by atoms with Gasteiger partial charge in [0.05, 0.1) is 11.5 Å². The molecule has 1 saturated heterocycles. The van der Waals surface area contributed by atoms with Crippen LogP contribution in [0.1, 0.15) is 12.8 Å². The predicted molar refractivity (Wildman–Crippen MR) is 67.6 cm³/mol. The highest BCUT2D eigenvalue weighted by molar-refractivity contribution is 9.10.